The van der Waals surface area contributed by atoms with Crippen LogP contribution in [0.25, 0.3) is 10.9 Å². The van der Waals surface area contributed by atoms with E-state index in [1.54, 1.807) is 23.8 Å². The maximum Gasteiger partial charge on any atom is 0.262 e. The van der Waals surface area contributed by atoms with Gasteiger partial charge in [0, 0.05) is 31.2 Å². The Morgan fingerprint density at radius 1 is 1.29 bits per heavy atom. The van der Waals surface area contributed by atoms with Gasteiger partial charge in [0.1, 0.15) is 5.78 Å². The second-order valence-corrected chi connectivity index (χ2v) is 8.33. The minimum Gasteiger partial charge on any atom is -0.383 e. The average Bonchev–Trinajstić information content (AvgIpc) is 2.59. The molecule has 152 valence electrons. The van der Waals surface area contributed by atoms with E-state index in [9.17, 15) is 14.4 Å². The quantitative estimate of drug-likeness (QED) is 0.482. The van der Waals surface area contributed by atoms with Crippen molar-refractivity contribution in [1.29, 1.82) is 0 Å². The summed E-state index contributed by atoms with van der Waals surface area (Å²) in [5.74, 6) is 0.368. The number of thioether (sulfide) groups is 1. The first kappa shape index (κ1) is 22.1. The SMILES string of the molecule is COCCn1c(SCCC(=O)NC(C)(C)CC(C)=O)nc2ccccc2c1=O. The fraction of sp³-hybridized carbons (Fsp3) is 0.500. The number of ketones is 1. The number of hydrogen-bond donors (Lipinski definition) is 1. The van der Waals surface area contributed by atoms with E-state index in [0.717, 1.165) is 0 Å². The van der Waals surface area contributed by atoms with Gasteiger partial charge in [0.2, 0.25) is 5.91 Å². The number of ether oxygens (including phenoxy) is 1. The largest absolute Gasteiger partial charge is 0.383 e. The van der Waals surface area contributed by atoms with Crippen molar-refractivity contribution in [3.63, 3.8) is 0 Å². The molecule has 0 spiro atoms. The van der Waals surface area contributed by atoms with Crippen molar-refractivity contribution in [2.75, 3.05) is 19.5 Å². The molecule has 0 atom stereocenters. The molecule has 28 heavy (non-hydrogen) atoms. The number of Topliss-reactive ketones (excluding diaryl/α,β-unsaturated/α-hetero) is 1. The van der Waals surface area contributed by atoms with Crippen molar-refractivity contribution in [1.82, 2.24) is 14.9 Å². The molecule has 0 bridgehead atoms. The zero-order valence-corrected chi connectivity index (χ0v) is 17.6. The molecule has 8 heteroatoms. The van der Waals surface area contributed by atoms with E-state index in [1.807, 2.05) is 26.0 Å². The number of methoxy groups -OCH3 is 1. The van der Waals surface area contributed by atoms with Crippen LogP contribution in [-0.2, 0) is 20.9 Å². The zero-order chi connectivity index (χ0) is 20.7. The Bertz CT molecular complexity index is 908. The lowest BCUT2D eigenvalue weighted by molar-refractivity contribution is -0.123. The fourth-order valence-corrected chi connectivity index (χ4v) is 3.94. The lowest BCUT2D eigenvalue weighted by atomic mass is 9.98. The predicted octanol–water partition coefficient (Wildman–Crippen LogP) is 2.40. The number of nitrogens with zero attached hydrogens (tertiary/aromatic N) is 2. The first-order chi connectivity index (χ1) is 13.2. The van der Waals surface area contributed by atoms with Crippen LogP contribution in [0.2, 0.25) is 0 Å². The molecule has 2 aromatic rings. The molecule has 0 unspecified atom stereocenters. The standard InChI is InChI=1S/C20H27N3O4S/c1-14(24)13-20(2,3)22-17(25)9-12-28-19-21-16-8-6-5-7-15(16)18(26)23(19)10-11-27-4/h5-8H,9-13H2,1-4H3,(H,22,25). The molecule has 1 amide bonds. The van der Waals surface area contributed by atoms with Crippen LogP contribution in [0.4, 0.5) is 0 Å². The van der Waals surface area contributed by atoms with Gasteiger partial charge in [-0.25, -0.2) is 4.98 Å². The highest BCUT2D eigenvalue weighted by Gasteiger charge is 2.22. The monoisotopic (exact) mass is 405 g/mol. The number of carbonyl (C=O) groups excluding carboxylic acids is 2. The predicted molar refractivity (Wildman–Crippen MR) is 111 cm³/mol. The van der Waals surface area contributed by atoms with Gasteiger partial charge in [0.25, 0.3) is 5.56 Å². The van der Waals surface area contributed by atoms with Crippen LogP contribution in [-0.4, -0.2) is 46.2 Å². The summed E-state index contributed by atoms with van der Waals surface area (Å²) in [5.41, 5.74) is -0.0529. The van der Waals surface area contributed by atoms with Crippen LogP contribution in [0.5, 0.6) is 0 Å². The molecular weight excluding hydrogens is 378 g/mol. The topological polar surface area (TPSA) is 90.3 Å². The van der Waals surface area contributed by atoms with Crippen LogP contribution in [0.1, 0.15) is 33.6 Å². The molecular formula is C20H27N3O4S. The molecule has 1 aromatic heterocycles. The van der Waals surface area contributed by atoms with Crippen molar-refractivity contribution in [2.45, 2.75) is 50.9 Å². The maximum atomic E-state index is 12.8. The second-order valence-electron chi connectivity index (χ2n) is 7.27. The van der Waals surface area contributed by atoms with Crippen LogP contribution in [0, 0.1) is 0 Å². The van der Waals surface area contributed by atoms with Crippen molar-refractivity contribution >= 4 is 34.4 Å². The molecule has 0 saturated carbocycles. The molecule has 0 fully saturated rings. The summed E-state index contributed by atoms with van der Waals surface area (Å²) in [7, 11) is 1.58. The van der Waals surface area contributed by atoms with Gasteiger partial charge in [-0.1, -0.05) is 23.9 Å². The summed E-state index contributed by atoms with van der Waals surface area (Å²) in [6.07, 6.45) is 0.549. The number of aromatic nitrogens is 2. The number of rotatable bonds is 10. The first-order valence-electron chi connectivity index (χ1n) is 9.15. The molecule has 1 N–H and O–H groups in total. The Labute approximate surface area is 168 Å². The summed E-state index contributed by atoms with van der Waals surface area (Å²) < 4.78 is 6.70. The lowest BCUT2D eigenvalue weighted by Crippen LogP contribution is -2.44. The van der Waals surface area contributed by atoms with Gasteiger partial charge in [-0.05, 0) is 32.9 Å². The Morgan fingerprint density at radius 2 is 2.00 bits per heavy atom. The molecule has 0 radical (unpaired) electrons. The summed E-state index contributed by atoms with van der Waals surface area (Å²) in [6, 6.07) is 7.21. The lowest BCUT2D eigenvalue weighted by Gasteiger charge is -2.25. The third-order valence-electron chi connectivity index (χ3n) is 4.07. The second kappa shape index (κ2) is 9.84. The van der Waals surface area contributed by atoms with E-state index >= 15 is 0 Å². The van der Waals surface area contributed by atoms with Crippen molar-refractivity contribution in [2.24, 2.45) is 0 Å². The number of nitrogens with one attached hydrogen (secondary N) is 1. The summed E-state index contributed by atoms with van der Waals surface area (Å²) in [4.78, 5) is 40.9. The number of fused-ring (bicyclic) bond motifs is 1. The van der Waals surface area contributed by atoms with Crippen molar-refractivity contribution < 1.29 is 14.3 Å². The summed E-state index contributed by atoms with van der Waals surface area (Å²) >= 11 is 1.36. The van der Waals surface area contributed by atoms with Crippen molar-refractivity contribution in [3.8, 4) is 0 Å². The molecule has 0 aliphatic carbocycles. The normalized spacial score (nSPS) is 11.6. The van der Waals surface area contributed by atoms with Crippen LogP contribution >= 0.6 is 11.8 Å². The van der Waals surface area contributed by atoms with Gasteiger partial charge in [0.15, 0.2) is 5.16 Å². The van der Waals surface area contributed by atoms with E-state index in [1.165, 1.54) is 18.7 Å². The Hall–Kier alpha value is -2.19. The molecule has 7 nitrogen and oxygen atoms in total. The average molecular weight is 406 g/mol. The van der Waals surface area contributed by atoms with Gasteiger partial charge in [-0.2, -0.15) is 0 Å². The van der Waals surface area contributed by atoms with E-state index in [0.29, 0.717) is 35.0 Å². The number of benzene rings is 1. The van der Waals surface area contributed by atoms with Gasteiger partial charge in [-0.15, -0.1) is 0 Å². The van der Waals surface area contributed by atoms with Gasteiger partial charge in [0.05, 0.1) is 24.1 Å². The smallest absolute Gasteiger partial charge is 0.262 e. The minimum absolute atomic E-state index is 0.0298. The van der Waals surface area contributed by atoms with E-state index in [2.05, 4.69) is 10.3 Å². The highest BCUT2D eigenvalue weighted by molar-refractivity contribution is 7.99. The van der Waals surface area contributed by atoms with Crippen LogP contribution in [0.15, 0.2) is 34.2 Å². The number of carbonyl (C=O) groups is 2. The molecule has 2 rings (SSSR count). The first-order valence-corrected chi connectivity index (χ1v) is 10.1. The third-order valence-corrected chi connectivity index (χ3v) is 5.05. The highest BCUT2D eigenvalue weighted by atomic mass is 32.2. The van der Waals surface area contributed by atoms with Gasteiger partial charge < -0.3 is 10.1 Å². The van der Waals surface area contributed by atoms with Gasteiger partial charge >= 0.3 is 0 Å². The number of hydrogen-bond acceptors (Lipinski definition) is 6. The van der Waals surface area contributed by atoms with Crippen LogP contribution < -0.4 is 10.9 Å². The molecule has 1 heterocycles. The summed E-state index contributed by atoms with van der Waals surface area (Å²) in [6.45, 7) is 5.95. The molecule has 1 aromatic carbocycles. The Balaban J connectivity index is 2.09. The Kier molecular flexibility index (Phi) is 7.77. The third kappa shape index (κ3) is 6.17. The minimum atomic E-state index is -0.574. The van der Waals surface area contributed by atoms with E-state index in [-0.39, 0.29) is 30.1 Å². The van der Waals surface area contributed by atoms with E-state index in [4.69, 9.17) is 4.74 Å². The van der Waals surface area contributed by atoms with Gasteiger partial charge in [-0.3, -0.25) is 19.0 Å². The van der Waals surface area contributed by atoms with Crippen molar-refractivity contribution in [3.05, 3.63) is 34.6 Å². The number of amides is 1. The van der Waals surface area contributed by atoms with Crippen LogP contribution in [0.3, 0.4) is 0 Å². The number of para-hydroxylation sites is 1. The fourth-order valence-electron chi connectivity index (χ4n) is 2.98. The molecule has 0 aliphatic rings. The molecule has 0 saturated heterocycles. The summed E-state index contributed by atoms with van der Waals surface area (Å²) in [5, 5.41) is 4.01. The Morgan fingerprint density at radius 3 is 2.68 bits per heavy atom. The molecule has 0 aliphatic heterocycles. The highest BCUT2D eigenvalue weighted by Crippen LogP contribution is 2.19. The zero-order valence-electron chi connectivity index (χ0n) is 16.8. The maximum absolute atomic E-state index is 12.8. The van der Waals surface area contributed by atoms with E-state index < -0.39 is 5.54 Å².